The lowest BCUT2D eigenvalue weighted by Gasteiger charge is -2.09. The van der Waals surface area contributed by atoms with E-state index in [1.807, 2.05) is 54.6 Å². The van der Waals surface area contributed by atoms with Crippen LogP contribution in [0.3, 0.4) is 0 Å². The molecule has 3 aromatic rings. The van der Waals surface area contributed by atoms with E-state index < -0.39 is 5.97 Å². The molecule has 6 heteroatoms. The van der Waals surface area contributed by atoms with E-state index in [9.17, 15) is 4.79 Å². The zero-order chi connectivity index (χ0) is 18.2. The number of ether oxygens (including phenoxy) is 2. The second-order valence-electron chi connectivity index (χ2n) is 5.46. The van der Waals surface area contributed by atoms with Crippen molar-refractivity contribution in [3.8, 4) is 11.6 Å². The Bertz CT molecular complexity index is 852. The summed E-state index contributed by atoms with van der Waals surface area (Å²) in [5.74, 6) is 0.549. The second kappa shape index (κ2) is 8.64. The van der Waals surface area contributed by atoms with Crippen LogP contribution in [-0.2, 0) is 11.3 Å². The average molecular weight is 349 g/mol. The standard InChI is InChI=1S/C20H19N3O3/c1-25-20(24)16-11-12-21-19(13-16)26-18-9-7-15(8-10-18)14-22-23-17-5-3-2-4-6-17/h2-13,22-23H,14H2,1H3. The number of anilines is 1. The Morgan fingerprint density at radius 1 is 1.04 bits per heavy atom. The van der Waals surface area contributed by atoms with Crippen LogP contribution < -0.4 is 15.6 Å². The van der Waals surface area contributed by atoms with Gasteiger partial charge in [-0.1, -0.05) is 30.3 Å². The Morgan fingerprint density at radius 2 is 1.81 bits per heavy atom. The normalized spacial score (nSPS) is 10.2. The maximum Gasteiger partial charge on any atom is 0.338 e. The first-order valence-corrected chi connectivity index (χ1v) is 8.10. The third-order valence-electron chi connectivity index (χ3n) is 3.60. The van der Waals surface area contributed by atoms with Crippen molar-refractivity contribution < 1.29 is 14.3 Å². The number of aromatic nitrogens is 1. The number of pyridine rings is 1. The highest BCUT2D eigenvalue weighted by Crippen LogP contribution is 2.20. The molecule has 3 rings (SSSR count). The molecule has 0 fully saturated rings. The van der Waals surface area contributed by atoms with Gasteiger partial charge in [0.1, 0.15) is 5.75 Å². The van der Waals surface area contributed by atoms with Crippen molar-refractivity contribution in [1.82, 2.24) is 10.4 Å². The number of hydrazine groups is 1. The van der Waals surface area contributed by atoms with Crippen LogP contribution in [0.1, 0.15) is 15.9 Å². The molecule has 26 heavy (non-hydrogen) atoms. The predicted molar refractivity (Wildman–Crippen MR) is 99.0 cm³/mol. The summed E-state index contributed by atoms with van der Waals surface area (Å²) < 4.78 is 10.4. The molecule has 1 aromatic heterocycles. The maximum atomic E-state index is 11.5. The van der Waals surface area contributed by atoms with Crippen molar-refractivity contribution in [1.29, 1.82) is 0 Å². The highest BCUT2D eigenvalue weighted by molar-refractivity contribution is 5.89. The van der Waals surface area contributed by atoms with Crippen molar-refractivity contribution >= 4 is 11.7 Å². The first kappa shape index (κ1) is 17.4. The molecular formula is C20H19N3O3. The number of hydrogen-bond donors (Lipinski definition) is 2. The summed E-state index contributed by atoms with van der Waals surface area (Å²) in [6.07, 6.45) is 1.51. The lowest BCUT2D eigenvalue weighted by Crippen LogP contribution is -2.20. The number of carbonyl (C=O) groups is 1. The van der Waals surface area contributed by atoms with Crippen molar-refractivity contribution in [2.24, 2.45) is 0 Å². The fourth-order valence-electron chi connectivity index (χ4n) is 2.28. The van der Waals surface area contributed by atoms with Gasteiger partial charge in [-0.2, -0.15) is 0 Å². The number of methoxy groups -OCH3 is 1. The number of benzene rings is 2. The van der Waals surface area contributed by atoms with Crippen LogP contribution in [0.15, 0.2) is 72.9 Å². The smallest absolute Gasteiger partial charge is 0.338 e. The quantitative estimate of drug-likeness (QED) is 0.500. The highest BCUT2D eigenvalue weighted by atomic mass is 16.5. The first-order chi connectivity index (χ1) is 12.7. The largest absolute Gasteiger partial charge is 0.465 e. The molecule has 6 nitrogen and oxygen atoms in total. The number of hydrogen-bond acceptors (Lipinski definition) is 6. The van der Waals surface area contributed by atoms with Gasteiger partial charge in [-0.15, -0.1) is 0 Å². The Kier molecular flexibility index (Phi) is 5.80. The SMILES string of the molecule is COC(=O)c1ccnc(Oc2ccc(CNNc3ccccc3)cc2)c1. The fourth-order valence-corrected chi connectivity index (χ4v) is 2.28. The molecule has 132 valence electrons. The molecule has 0 bridgehead atoms. The summed E-state index contributed by atoms with van der Waals surface area (Å²) in [7, 11) is 1.34. The number of esters is 1. The zero-order valence-electron chi connectivity index (χ0n) is 14.3. The number of rotatable bonds is 7. The Balaban J connectivity index is 1.55. The van der Waals surface area contributed by atoms with Crippen LogP contribution in [0.4, 0.5) is 5.69 Å². The van der Waals surface area contributed by atoms with E-state index in [-0.39, 0.29) is 0 Å². The van der Waals surface area contributed by atoms with E-state index in [0.29, 0.717) is 23.7 Å². The number of nitrogens with zero attached hydrogens (tertiary/aromatic N) is 1. The van der Waals surface area contributed by atoms with Gasteiger partial charge in [-0.25, -0.2) is 15.2 Å². The molecule has 0 unspecified atom stereocenters. The van der Waals surface area contributed by atoms with E-state index in [0.717, 1.165) is 11.3 Å². The molecule has 1 heterocycles. The third kappa shape index (κ3) is 4.81. The van der Waals surface area contributed by atoms with Gasteiger partial charge in [0.05, 0.1) is 12.7 Å². The fraction of sp³-hybridized carbons (Fsp3) is 0.100. The first-order valence-electron chi connectivity index (χ1n) is 8.10. The number of carbonyl (C=O) groups excluding carboxylic acids is 1. The van der Waals surface area contributed by atoms with Gasteiger partial charge in [0.25, 0.3) is 0 Å². The van der Waals surface area contributed by atoms with Crippen molar-refractivity contribution in [2.75, 3.05) is 12.5 Å². The van der Waals surface area contributed by atoms with Crippen molar-refractivity contribution in [3.63, 3.8) is 0 Å². The second-order valence-corrected chi connectivity index (χ2v) is 5.46. The average Bonchev–Trinajstić information content (AvgIpc) is 2.70. The van der Waals surface area contributed by atoms with E-state index in [2.05, 4.69) is 15.8 Å². The Labute approximate surface area is 151 Å². The summed E-state index contributed by atoms with van der Waals surface area (Å²) >= 11 is 0. The van der Waals surface area contributed by atoms with Gasteiger partial charge in [0.2, 0.25) is 5.88 Å². The molecule has 0 spiro atoms. The van der Waals surface area contributed by atoms with Crippen LogP contribution in [0, 0.1) is 0 Å². The molecule has 0 aliphatic rings. The summed E-state index contributed by atoms with van der Waals surface area (Å²) in [5.41, 5.74) is 8.79. The van der Waals surface area contributed by atoms with Crippen LogP contribution in [0.25, 0.3) is 0 Å². The van der Waals surface area contributed by atoms with Gasteiger partial charge in [0, 0.05) is 24.5 Å². The van der Waals surface area contributed by atoms with Crippen LogP contribution >= 0.6 is 0 Å². The lowest BCUT2D eigenvalue weighted by atomic mass is 10.2. The molecular weight excluding hydrogens is 330 g/mol. The maximum absolute atomic E-state index is 11.5. The highest BCUT2D eigenvalue weighted by Gasteiger charge is 2.07. The third-order valence-corrected chi connectivity index (χ3v) is 3.60. The minimum absolute atomic E-state index is 0.338. The summed E-state index contributed by atoms with van der Waals surface area (Å²) in [5, 5.41) is 0. The molecule has 0 amide bonds. The van der Waals surface area contributed by atoms with E-state index in [1.165, 1.54) is 13.3 Å². The Morgan fingerprint density at radius 3 is 2.54 bits per heavy atom. The van der Waals surface area contributed by atoms with E-state index in [1.54, 1.807) is 12.1 Å². The Hall–Kier alpha value is -3.38. The van der Waals surface area contributed by atoms with Crippen LogP contribution in [0.2, 0.25) is 0 Å². The lowest BCUT2D eigenvalue weighted by molar-refractivity contribution is 0.0600. The molecule has 0 atom stereocenters. The van der Waals surface area contributed by atoms with Gasteiger partial charge in [-0.3, -0.25) is 0 Å². The number of para-hydroxylation sites is 1. The molecule has 0 aliphatic carbocycles. The van der Waals surface area contributed by atoms with E-state index in [4.69, 9.17) is 9.47 Å². The topological polar surface area (TPSA) is 72.5 Å². The predicted octanol–water partition coefficient (Wildman–Crippen LogP) is 3.78. The van der Waals surface area contributed by atoms with Gasteiger partial charge >= 0.3 is 5.97 Å². The van der Waals surface area contributed by atoms with Gasteiger partial charge in [0.15, 0.2) is 0 Å². The van der Waals surface area contributed by atoms with Crippen molar-refractivity contribution in [3.05, 3.63) is 84.1 Å². The number of nitrogens with one attached hydrogen (secondary N) is 2. The monoisotopic (exact) mass is 349 g/mol. The molecule has 2 N–H and O–H groups in total. The zero-order valence-corrected chi connectivity index (χ0v) is 14.3. The molecule has 2 aromatic carbocycles. The molecule has 0 radical (unpaired) electrons. The summed E-state index contributed by atoms with van der Waals surface area (Å²) in [6, 6.07) is 20.6. The van der Waals surface area contributed by atoms with E-state index >= 15 is 0 Å². The van der Waals surface area contributed by atoms with Gasteiger partial charge in [-0.05, 0) is 35.9 Å². The summed E-state index contributed by atoms with van der Waals surface area (Å²) in [4.78, 5) is 15.7. The molecule has 0 aliphatic heterocycles. The minimum Gasteiger partial charge on any atom is -0.465 e. The molecule has 0 saturated heterocycles. The minimum atomic E-state index is -0.426. The van der Waals surface area contributed by atoms with Crippen LogP contribution in [-0.4, -0.2) is 18.1 Å². The molecule has 0 saturated carbocycles. The van der Waals surface area contributed by atoms with Crippen LogP contribution in [0.5, 0.6) is 11.6 Å². The summed E-state index contributed by atoms with van der Waals surface area (Å²) in [6.45, 7) is 0.658. The van der Waals surface area contributed by atoms with Crippen molar-refractivity contribution in [2.45, 2.75) is 6.54 Å². The van der Waals surface area contributed by atoms with Gasteiger partial charge < -0.3 is 14.9 Å².